The molecule has 1 fully saturated rings. The first-order valence-electron chi connectivity index (χ1n) is 12.4. The second kappa shape index (κ2) is 12.0. The normalized spacial score (nSPS) is 15.7. The predicted molar refractivity (Wildman–Crippen MR) is 146 cm³/mol. The van der Waals surface area contributed by atoms with Crippen LogP contribution in [0.2, 0.25) is 5.02 Å². The van der Waals surface area contributed by atoms with E-state index in [1.807, 2.05) is 55.5 Å². The zero-order valence-corrected chi connectivity index (χ0v) is 21.6. The van der Waals surface area contributed by atoms with Crippen LogP contribution in [0.15, 0.2) is 66.7 Å². The molecule has 1 unspecified atom stereocenters. The number of benzene rings is 3. The molecule has 192 valence electrons. The van der Waals surface area contributed by atoms with Gasteiger partial charge in [0.2, 0.25) is 11.8 Å². The molecule has 1 heterocycles. The van der Waals surface area contributed by atoms with E-state index in [2.05, 4.69) is 10.6 Å². The number of carbonyl (C=O) groups is 3. The topological polar surface area (TPSA) is 105 Å². The highest BCUT2D eigenvalue weighted by molar-refractivity contribution is 6.31. The Hall–Kier alpha value is -3.68. The summed E-state index contributed by atoms with van der Waals surface area (Å²) in [4.78, 5) is 40.3. The van der Waals surface area contributed by atoms with Gasteiger partial charge in [0.05, 0.1) is 6.54 Å². The van der Waals surface area contributed by atoms with Gasteiger partial charge < -0.3 is 21.3 Å². The number of anilines is 1. The zero-order chi connectivity index (χ0) is 26.4. The van der Waals surface area contributed by atoms with Gasteiger partial charge in [-0.1, -0.05) is 48.0 Å². The largest absolute Gasteiger partial charge is 0.340 e. The van der Waals surface area contributed by atoms with Crippen LogP contribution in [-0.4, -0.2) is 41.8 Å². The number of amides is 3. The van der Waals surface area contributed by atoms with E-state index < -0.39 is 6.04 Å². The molecule has 0 radical (unpaired) electrons. The number of likely N-dealkylation sites (tertiary alicyclic amines) is 1. The Bertz CT molecular complexity index is 1290. The summed E-state index contributed by atoms with van der Waals surface area (Å²) in [6, 6.07) is 19.7. The summed E-state index contributed by atoms with van der Waals surface area (Å²) in [5.41, 5.74) is 10.6. The minimum absolute atomic E-state index is 0.0775. The van der Waals surface area contributed by atoms with Gasteiger partial charge in [-0.3, -0.25) is 14.4 Å². The van der Waals surface area contributed by atoms with Gasteiger partial charge in [0.15, 0.2) is 0 Å². The number of halogens is 1. The van der Waals surface area contributed by atoms with Gasteiger partial charge in [0, 0.05) is 29.4 Å². The van der Waals surface area contributed by atoms with Crippen molar-refractivity contribution >= 4 is 35.0 Å². The van der Waals surface area contributed by atoms with E-state index in [1.165, 1.54) is 4.90 Å². The molecule has 3 aromatic carbocycles. The van der Waals surface area contributed by atoms with Crippen molar-refractivity contribution in [1.82, 2.24) is 10.2 Å². The third kappa shape index (κ3) is 6.76. The molecular weight excluding hydrogens is 488 g/mol. The first-order chi connectivity index (χ1) is 17.8. The zero-order valence-electron chi connectivity index (χ0n) is 20.8. The van der Waals surface area contributed by atoms with E-state index >= 15 is 0 Å². The van der Waals surface area contributed by atoms with E-state index in [0.29, 0.717) is 35.8 Å². The fraction of sp³-hybridized carbons (Fsp3) is 0.276. The molecule has 7 nitrogen and oxygen atoms in total. The Morgan fingerprint density at radius 1 is 1.03 bits per heavy atom. The monoisotopic (exact) mass is 518 g/mol. The molecule has 0 aromatic heterocycles. The highest BCUT2D eigenvalue weighted by Gasteiger charge is 2.29. The van der Waals surface area contributed by atoms with E-state index in [4.69, 9.17) is 17.3 Å². The van der Waals surface area contributed by atoms with Crippen LogP contribution in [0.4, 0.5) is 5.69 Å². The van der Waals surface area contributed by atoms with Crippen LogP contribution in [0.3, 0.4) is 0 Å². The lowest BCUT2D eigenvalue weighted by Crippen LogP contribution is -2.49. The van der Waals surface area contributed by atoms with Crippen molar-refractivity contribution in [2.75, 3.05) is 18.4 Å². The second-order valence-electron chi connectivity index (χ2n) is 9.28. The number of nitrogens with zero attached hydrogens (tertiary/aromatic N) is 1. The van der Waals surface area contributed by atoms with Gasteiger partial charge in [-0.2, -0.15) is 0 Å². The van der Waals surface area contributed by atoms with Gasteiger partial charge in [-0.15, -0.1) is 0 Å². The molecule has 37 heavy (non-hydrogen) atoms. The van der Waals surface area contributed by atoms with E-state index in [9.17, 15) is 14.4 Å². The Morgan fingerprint density at radius 2 is 1.78 bits per heavy atom. The highest BCUT2D eigenvalue weighted by atomic mass is 35.5. The average Bonchev–Trinajstić information content (AvgIpc) is 3.06. The van der Waals surface area contributed by atoms with Crippen molar-refractivity contribution in [2.24, 2.45) is 5.73 Å². The minimum atomic E-state index is -0.682. The van der Waals surface area contributed by atoms with Crippen molar-refractivity contribution in [3.05, 3.63) is 88.4 Å². The summed E-state index contributed by atoms with van der Waals surface area (Å²) >= 11 is 6.25. The van der Waals surface area contributed by atoms with Crippen LogP contribution in [0.5, 0.6) is 0 Å². The number of hydrogen-bond donors (Lipinski definition) is 3. The van der Waals surface area contributed by atoms with Gasteiger partial charge >= 0.3 is 0 Å². The summed E-state index contributed by atoms with van der Waals surface area (Å²) < 4.78 is 0. The van der Waals surface area contributed by atoms with Gasteiger partial charge in [-0.05, 0) is 78.8 Å². The molecular formula is C29H31ClN4O3. The van der Waals surface area contributed by atoms with Crippen LogP contribution in [-0.2, 0) is 16.1 Å². The highest BCUT2D eigenvalue weighted by Crippen LogP contribution is 2.25. The molecule has 0 bridgehead atoms. The molecule has 4 rings (SSSR count). The standard InChI is InChI=1S/C29H31ClN4O3/c1-19-8-9-23(16-25(19)30)21-10-12-22(13-11-21)28(36)33-26-7-2-3-14-34(29(26)37)18-27(35)32-24-6-4-5-20(15-24)17-31/h4-6,8-13,15-16,26H,2-3,7,14,17-18,31H2,1H3,(H,32,35)(H,33,36). The summed E-state index contributed by atoms with van der Waals surface area (Å²) in [5.74, 6) is -0.860. The Morgan fingerprint density at radius 3 is 2.51 bits per heavy atom. The average molecular weight is 519 g/mol. The third-order valence-electron chi connectivity index (χ3n) is 6.52. The lowest BCUT2D eigenvalue weighted by molar-refractivity contribution is -0.135. The summed E-state index contributed by atoms with van der Waals surface area (Å²) in [7, 11) is 0. The first-order valence-corrected chi connectivity index (χ1v) is 12.8. The van der Waals surface area contributed by atoms with E-state index in [-0.39, 0.29) is 24.3 Å². The van der Waals surface area contributed by atoms with Crippen molar-refractivity contribution in [3.63, 3.8) is 0 Å². The number of aryl methyl sites for hydroxylation is 1. The molecule has 1 aliphatic heterocycles. The summed E-state index contributed by atoms with van der Waals surface area (Å²) in [6.45, 7) is 2.71. The lowest BCUT2D eigenvalue weighted by Gasteiger charge is -2.24. The van der Waals surface area contributed by atoms with Gasteiger partial charge in [-0.25, -0.2) is 0 Å². The molecule has 8 heteroatoms. The SMILES string of the molecule is Cc1ccc(-c2ccc(C(=O)NC3CCCCN(CC(=O)Nc4cccc(CN)c4)C3=O)cc2)cc1Cl. The smallest absolute Gasteiger partial charge is 0.251 e. The number of hydrogen-bond acceptors (Lipinski definition) is 4. The molecule has 1 saturated heterocycles. The number of nitrogens with one attached hydrogen (secondary N) is 2. The second-order valence-corrected chi connectivity index (χ2v) is 9.68. The maximum Gasteiger partial charge on any atom is 0.251 e. The van der Waals surface area contributed by atoms with Gasteiger partial charge in [0.25, 0.3) is 5.91 Å². The maximum absolute atomic E-state index is 13.2. The summed E-state index contributed by atoms with van der Waals surface area (Å²) in [5, 5.41) is 6.39. The molecule has 4 N–H and O–H groups in total. The maximum atomic E-state index is 13.2. The van der Waals surface area contributed by atoms with Crippen LogP contribution in [0.25, 0.3) is 11.1 Å². The molecule has 3 amide bonds. The van der Waals surface area contributed by atoms with Crippen LogP contribution >= 0.6 is 11.6 Å². The quantitative estimate of drug-likeness (QED) is 0.427. The molecule has 0 aliphatic carbocycles. The first kappa shape index (κ1) is 26.4. The Labute approximate surface area is 222 Å². The fourth-order valence-electron chi connectivity index (χ4n) is 4.37. The third-order valence-corrected chi connectivity index (χ3v) is 6.93. The van der Waals surface area contributed by atoms with E-state index in [0.717, 1.165) is 35.1 Å². The molecule has 0 spiro atoms. The molecule has 3 aromatic rings. The Balaban J connectivity index is 1.38. The minimum Gasteiger partial charge on any atom is -0.340 e. The van der Waals surface area contributed by atoms with Crippen molar-refractivity contribution in [3.8, 4) is 11.1 Å². The number of nitrogens with two attached hydrogens (primary N) is 1. The Kier molecular flexibility index (Phi) is 8.58. The van der Waals surface area contributed by atoms with Gasteiger partial charge in [0.1, 0.15) is 6.04 Å². The molecule has 0 saturated carbocycles. The summed E-state index contributed by atoms with van der Waals surface area (Å²) in [6.07, 6.45) is 2.07. The molecule has 1 atom stereocenters. The van der Waals surface area contributed by atoms with Crippen LogP contribution < -0.4 is 16.4 Å². The van der Waals surface area contributed by atoms with Crippen LogP contribution in [0.1, 0.15) is 40.7 Å². The van der Waals surface area contributed by atoms with Crippen LogP contribution in [0, 0.1) is 6.92 Å². The van der Waals surface area contributed by atoms with E-state index in [1.54, 1.807) is 18.2 Å². The number of carbonyl (C=O) groups excluding carboxylic acids is 3. The lowest BCUT2D eigenvalue weighted by atomic mass is 10.0. The van der Waals surface area contributed by atoms with Crippen molar-refractivity contribution in [2.45, 2.75) is 38.8 Å². The molecule has 1 aliphatic rings. The predicted octanol–water partition coefficient (Wildman–Crippen LogP) is 4.52. The number of rotatable bonds is 7. The van der Waals surface area contributed by atoms with Crippen molar-refractivity contribution < 1.29 is 14.4 Å². The van der Waals surface area contributed by atoms with Crippen molar-refractivity contribution in [1.29, 1.82) is 0 Å². The fourth-order valence-corrected chi connectivity index (χ4v) is 4.55.